The van der Waals surface area contributed by atoms with E-state index in [1.54, 1.807) is 35.5 Å². The summed E-state index contributed by atoms with van der Waals surface area (Å²) in [6.07, 6.45) is 3.30. The molecule has 8 nitrogen and oxygen atoms in total. The Labute approximate surface area is 182 Å². The maximum Gasteiger partial charge on any atom is 0.341 e. The Balaban J connectivity index is 1.49. The summed E-state index contributed by atoms with van der Waals surface area (Å²) >= 11 is 1.22. The fraction of sp³-hybridized carbons (Fsp3) is 0.273. The molecule has 1 aliphatic rings. The van der Waals surface area contributed by atoms with Crippen molar-refractivity contribution in [3.8, 4) is 11.3 Å². The number of likely N-dealkylation sites (tertiary alicyclic amines) is 1. The molecule has 0 spiro atoms. The van der Waals surface area contributed by atoms with Gasteiger partial charge in [0.2, 0.25) is 11.8 Å². The number of pyridine rings is 1. The summed E-state index contributed by atoms with van der Waals surface area (Å²) in [6, 6.07) is 8.97. The Morgan fingerprint density at radius 1 is 1.32 bits per heavy atom. The van der Waals surface area contributed by atoms with Gasteiger partial charge in [-0.1, -0.05) is 6.07 Å². The first-order valence-electron chi connectivity index (χ1n) is 9.87. The van der Waals surface area contributed by atoms with Crippen LogP contribution in [0.4, 0.5) is 5.00 Å². The highest BCUT2D eigenvalue weighted by atomic mass is 32.1. The average Bonchev–Trinajstić information content (AvgIpc) is 3.49. The Hall–Kier alpha value is -3.46. The highest BCUT2D eigenvalue weighted by molar-refractivity contribution is 7.15. The highest BCUT2D eigenvalue weighted by Crippen LogP contribution is 2.37. The first-order chi connectivity index (χ1) is 15.1. The zero-order valence-corrected chi connectivity index (χ0v) is 17.7. The molecule has 3 aromatic rings. The zero-order chi connectivity index (χ0) is 21.8. The molecule has 0 saturated carbocycles. The maximum absolute atomic E-state index is 12.9. The summed E-state index contributed by atoms with van der Waals surface area (Å²) in [5, 5.41) is 4.95. The lowest BCUT2D eigenvalue weighted by molar-refractivity contribution is -0.128. The number of hydrogen-bond donors (Lipinski definition) is 1. The number of esters is 1. The predicted molar refractivity (Wildman–Crippen MR) is 114 cm³/mol. The summed E-state index contributed by atoms with van der Waals surface area (Å²) in [6.45, 7) is 2.58. The number of nitrogens with zero attached hydrogens (tertiary/aromatic N) is 2. The molecule has 0 aliphatic carbocycles. The largest absolute Gasteiger partial charge is 0.464 e. The molecule has 0 radical (unpaired) electrons. The first-order valence-corrected chi connectivity index (χ1v) is 10.8. The third-order valence-corrected chi connectivity index (χ3v) is 5.85. The van der Waals surface area contributed by atoms with Crippen LogP contribution in [0.3, 0.4) is 0 Å². The molecule has 3 aromatic heterocycles. The molecule has 1 unspecified atom stereocenters. The minimum atomic E-state index is -0.537. The molecular weight excluding hydrogens is 418 g/mol. The molecule has 1 atom stereocenters. The number of carbonyl (C=O) groups is 3. The van der Waals surface area contributed by atoms with Crippen molar-refractivity contribution in [2.24, 2.45) is 5.92 Å². The van der Waals surface area contributed by atoms with Crippen molar-refractivity contribution in [2.75, 3.05) is 18.5 Å². The molecule has 0 aromatic carbocycles. The van der Waals surface area contributed by atoms with Crippen LogP contribution in [0, 0.1) is 5.92 Å². The van der Waals surface area contributed by atoms with Crippen LogP contribution in [0.15, 0.2) is 52.6 Å². The quantitative estimate of drug-likeness (QED) is 0.565. The molecular formula is C22H21N3O5S. The molecule has 4 heterocycles. The Morgan fingerprint density at radius 2 is 2.19 bits per heavy atom. The van der Waals surface area contributed by atoms with Crippen LogP contribution < -0.4 is 5.32 Å². The fourth-order valence-electron chi connectivity index (χ4n) is 3.47. The van der Waals surface area contributed by atoms with E-state index < -0.39 is 11.9 Å². The molecule has 4 rings (SSSR count). The number of rotatable bonds is 7. The van der Waals surface area contributed by atoms with Gasteiger partial charge in [-0.25, -0.2) is 4.79 Å². The van der Waals surface area contributed by atoms with E-state index in [4.69, 9.17) is 9.15 Å². The van der Waals surface area contributed by atoms with Crippen molar-refractivity contribution < 1.29 is 23.5 Å². The van der Waals surface area contributed by atoms with Crippen LogP contribution in [0.2, 0.25) is 0 Å². The zero-order valence-electron chi connectivity index (χ0n) is 16.9. The number of anilines is 1. The summed E-state index contributed by atoms with van der Waals surface area (Å²) in [5.41, 5.74) is 1.58. The summed E-state index contributed by atoms with van der Waals surface area (Å²) in [5.74, 6) is -0.948. The number of hydrogen-bond acceptors (Lipinski definition) is 7. The van der Waals surface area contributed by atoms with Crippen LogP contribution in [-0.4, -0.2) is 40.8 Å². The second kappa shape index (κ2) is 9.13. The van der Waals surface area contributed by atoms with Gasteiger partial charge in [0.15, 0.2) is 0 Å². The molecule has 0 bridgehead atoms. The van der Waals surface area contributed by atoms with Crippen LogP contribution in [0.25, 0.3) is 11.3 Å². The molecule has 1 aliphatic heterocycles. The average molecular weight is 439 g/mol. The lowest BCUT2D eigenvalue weighted by atomic mass is 10.1. The molecule has 160 valence electrons. The summed E-state index contributed by atoms with van der Waals surface area (Å²) < 4.78 is 10.6. The summed E-state index contributed by atoms with van der Waals surface area (Å²) in [4.78, 5) is 43.8. The number of ether oxygens (including phenoxy) is 1. The molecule has 31 heavy (non-hydrogen) atoms. The third-order valence-electron chi connectivity index (χ3n) is 4.96. The van der Waals surface area contributed by atoms with Crippen molar-refractivity contribution >= 4 is 34.1 Å². The Kier molecular flexibility index (Phi) is 6.13. The third kappa shape index (κ3) is 4.51. The Morgan fingerprint density at radius 3 is 2.90 bits per heavy atom. The molecule has 1 fully saturated rings. The standard InChI is InChI=1S/C22H21N3O5S/c1-2-29-22(28)19-16(17-7-5-9-30-17)13-31-21(19)24-20(27)14-10-18(26)25(11-14)12-15-6-3-4-8-23-15/h3-9,13-14H,2,10-12H2,1H3,(H,24,27). The van der Waals surface area contributed by atoms with E-state index in [9.17, 15) is 14.4 Å². The number of furan rings is 1. The van der Waals surface area contributed by atoms with Crippen LogP contribution in [0.1, 0.15) is 29.4 Å². The van der Waals surface area contributed by atoms with Crippen molar-refractivity contribution in [1.82, 2.24) is 9.88 Å². The fourth-order valence-corrected chi connectivity index (χ4v) is 4.41. The van der Waals surface area contributed by atoms with E-state index in [0.29, 0.717) is 29.4 Å². The minimum absolute atomic E-state index is 0.0983. The molecule has 1 saturated heterocycles. The van der Waals surface area contributed by atoms with Crippen molar-refractivity contribution in [3.63, 3.8) is 0 Å². The second-order valence-electron chi connectivity index (χ2n) is 7.04. The number of amides is 2. The molecule has 9 heteroatoms. The monoisotopic (exact) mass is 439 g/mol. The Bertz CT molecular complexity index is 1080. The van der Waals surface area contributed by atoms with Gasteiger partial charge in [-0.2, -0.15) is 0 Å². The first kappa shape index (κ1) is 20.8. The smallest absolute Gasteiger partial charge is 0.341 e. The normalized spacial score (nSPS) is 15.8. The van der Waals surface area contributed by atoms with Gasteiger partial charge in [-0.05, 0) is 31.2 Å². The topological polar surface area (TPSA) is 102 Å². The number of nitrogens with one attached hydrogen (secondary N) is 1. The SMILES string of the molecule is CCOC(=O)c1c(-c2ccco2)csc1NC(=O)C1CC(=O)N(Cc2ccccn2)C1. The number of carbonyl (C=O) groups excluding carboxylic acids is 3. The van der Waals surface area contributed by atoms with Crippen LogP contribution >= 0.6 is 11.3 Å². The van der Waals surface area contributed by atoms with Gasteiger partial charge in [0, 0.05) is 30.1 Å². The van der Waals surface area contributed by atoms with Gasteiger partial charge >= 0.3 is 5.97 Å². The van der Waals surface area contributed by atoms with Crippen molar-refractivity contribution in [2.45, 2.75) is 19.9 Å². The van der Waals surface area contributed by atoms with E-state index in [-0.39, 0.29) is 30.4 Å². The molecule has 1 N–H and O–H groups in total. The lowest BCUT2D eigenvalue weighted by Gasteiger charge is -2.16. The van der Waals surface area contributed by atoms with E-state index in [1.165, 1.54) is 17.6 Å². The van der Waals surface area contributed by atoms with Crippen molar-refractivity contribution in [1.29, 1.82) is 0 Å². The van der Waals surface area contributed by atoms with Gasteiger partial charge in [0.05, 0.1) is 31.0 Å². The van der Waals surface area contributed by atoms with E-state index in [2.05, 4.69) is 10.3 Å². The highest BCUT2D eigenvalue weighted by Gasteiger charge is 2.35. The van der Waals surface area contributed by atoms with E-state index in [1.807, 2.05) is 18.2 Å². The predicted octanol–water partition coefficient (Wildman–Crippen LogP) is 3.57. The van der Waals surface area contributed by atoms with Gasteiger partial charge < -0.3 is 19.4 Å². The van der Waals surface area contributed by atoms with Crippen molar-refractivity contribution in [3.05, 3.63) is 59.4 Å². The second-order valence-corrected chi connectivity index (χ2v) is 7.92. The van der Waals surface area contributed by atoms with Crippen LogP contribution in [0.5, 0.6) is 0 Å². The van der Waals surface area contributed by atoms with Gasteiger partial charge in [0.1, 0.15) is 16.3 Å². The lowest BCUT2D eigenvalue weighted by Crippen LogP contribution is -2.28. The maximum atomic E-state index is 12.9. The summed E-state index contributed by atoms with van der Waals surface area (Å²) in [7, 11) is 0. The number of thiophene rings is 1. The van der Waals surface area contributed by atoms with E-state index in [0.717, 1.165) is 5.69 Å². The molecule has 2 amide bonds. The van der Waals surface area contributed by atoms with Gasteiger partial charge in [0.25, 0.3) is 0 Å². The number of aromatic nitrogens is 1. The van der Waals surface area contributed by atoms with Gasteiger partial charge in [-0.3, -0.25) is 14.6 Å². The van der Waals surface area contributed by atoms with Crippen LogP contribution in [-0.2, 0) is 20.9 Å². The van der Waals surface area contributed by atoms with E-state index >= 15 is 0 Å². The minimum Gasteiger partial charge on any atom is -0.464 e. The van der Waals surface area contributed by atoms with Gasteiger partial charge in [-0.15, -0.1) is 11.3 Å².